The van der Waals surface area contributed by atoms with Gasteiger partial charge >= 0.3 is 0 Å². The molecule has 0 aliphatic carbocycles. The van der Waals surface area contributed by atoms with E-state index in [0.717, 1.165) is 24.3 Å². The molecule has 0 heterocycles. The standard InChI is InChI=1S/C18H14ClFN2O4S2/c19-13-4-8-15(9-5-13)21-28(25,26)18-3-1-2-16(12-18)22-27(23,24)17-10-6-14(20)7-11-17/h1-12,21-22H. The second-order valence-corrected chi connectivity index (χ2v) is 9.50. The lowest BCUT2D eigenvalue weighted by Gasteiger charge is -2.11. The second kappa shape index (κ2) is 7.78. The average Bonchev–Trinajstić information content (AvgIpc) is 2.64. The van der Waals surface area contributed by atoms with E-state index in [9.17, 15) is 21.2 Å². The van der Waals surface area contributed by atoms with Gasteiger partial charge in [0.2, 0.25) is 0 Å². The molecule has 0 amide bonds. The molecule has 0 radical (unpaired) electrons. The van der Waals surface area contributed by atoms with E-state index in [1.807, 2.05) is 0 Å². The molecule has 10 heteroatoms. The summed E-state index contributed by atoms with van der Waals surface area (Å²) in [6.45, 7) is 0. The third-order valence-electron chi connectivity index (χ3n) is 3.62. The van der Waals surface area contributed by atoms with Crippen LogP contribution in [0.25, 0.3) is 0 Å². The zero-order valence-electron chi connectivity index (χ0n) is 14.1. The summed E-state index contributed by atoms with van der Waals surface area (Å²) in [6.07, 6.45) is 0. The Balaban J connectivity index is 1.85. The molecular formula is C18H14ClFN2O4S2. The summed E-state index contributed by atoms with van der Waals surface area (Å²) in [6, 6.07) is 15.6. The first-order valence-electron chi connectivity index (χ1n) is 7.83. The van der Waals surface area contributed by atoms with Gasteiger partial charge in [0, 0.05) is 10.7 Å². The zero-order chi connectivity index (χ0) is 20.4. The van der Waals surface area contributed by atoms with E-state index >= 15 is 0 Å². The van der Waals surface area contributed by atoms with Gasteiger partial charge in [-0.15, -0.1) is 0 Å². The van der Waals surface area contributed by atoms with Crippen LogP contribution in [0.5, 0.6) is 0 Å². The van der Waals surface area contributed by atoms with Gasteiger partial charge in [0.15, 0.2) is 0 Å². The zero-order valence-corrected chi connectivity index (χ0v) is 16.5. The molecule has 0 aliphatic rings. The van der Waals surface area contributed by atoms with Gasteiger partial charge in [-0.1, -0.05) is 17.7 Å². The minimum absolute atomic E-state index is 0.0447. The van der Waals surface area contributed by atoms with E-state index < -0.39 is 25.9 Å². The fourth-order valence-electron chi connectivity index (χ4n) is 2.29. The summed E-state index contributed by atoms with van der Waals surface area (Å²) in [7, 11) is -7.95. The van der Waals surface area contributed by atoms with Crippen molar-refractivity contribution in [3.05, 3.63) is 83.6 Å². The van der Waals surface area contributed by atoms with E-state index in [4.69, 9.17) is 11.6 Å². The highest BCUT2D eigenvalue weighted by Gasteiger charge is 2.18. The normalized spacial score (nSPS) is 11.8. The lowest BCUT2D eigenvalue weighted by molar-refractivity contribution is 0.597. The number of anilines is 2. The molecule has 0 saturated heterocycles. The molecular weight excluding hydrogens is 427 g/mol. The number of sulfonamides is 2. The number of rotatable bonds is 6. The summed E-state index contributed by atoms with van der Waals surface area (Å²) >= 11 is 5.78. The largest absolute Gasteiger partial charge is 0.280 e. The molecule has 0 fully saturated rings. The number of hydrogen-bond donors (Lipinski definition) is 2. The molecule has 0 bridgehead atoms. The van der Waals surface area contributed by atoms with Crippen molar-refractivity contribution in [3.63, 3.8) is 0 Å². The number of nitrogens with one attached hydrogen (secondary N) is 2. The maximum Gasteiger partial charge on any atom is 0.261 e. The molecule has 0 atom stereocenters. The summed E-state index contributed by atoms with van der Waals surface area (Å²) in [5.74, 6) is -0.569. The predicted molar refractivity (Wildman–Crippen MR) is 106 cm³/mol. The van der Waals surface area contributed by atoms with Crippen LogP contribution in [0, 0.1) is 5.82 Å². The summed E-state index contributed by atoms with van der Waals surface area (Å²) in [4.78, 5) is -0.289. The van der Waals surface area contributed by atoms with Crippen LogP contribution in [0.15, 0.2) is 82.6 Å². The van der Waals surface area contributed by atoms with E-state index in [-0.39, 0.29) is 15.5 Å². The Morgan fingerprint density at radius 2 is 1.25 bits per heavy atom. The number of benzene rings is 3. The van der Waals surface area contributed by atoms with Crippen molar-refractivity contribution in [3.8, 4) is 0 Å². The quantitative estimate of drug-likeness (QED) is 0.604. The smallest absolute Gasteiger partial charge is 0.261 e. The van der Waals surface area contributed by atoms with Crippen LogP contribution in [0.1, 0.15) is 0 Å². The Morgan fingerprint density at radius 3 is 1.89 bits per heavy atom. The van der Waals surface area contributed by atoms with Gasteiger partial charge in [-0.25, -0.2) is 21.2 Å². The lowest BCUT2D eigenvalue weighted by Crippen LogP contribution is -2.15. The van der Waals surface area contributed by atoms with Gasteiger partial charge in [0.25, 0.3) is 20.0 Å². The summed E-state index contributed by atoms with van der Waals surface area (Å²) < 4.78 is 67.5. The van der Waals surface area contributed by atoms with Crippen LogP contribution in [0.2, 0.25) is 5.02 Å². The Morgan fingerprint density at radius 1 is 0.679 bits per heavy atom. The van der Waals surface area contributed by atoms with E-state index in [2.05, 4.69) is 9.44 Å². The molecule has 6 nitrogen and oxygen atoms in total. The fourth-order valence-corrected chi connectivity index (χ4v) is 4.57. The van der Waals surface area contributed by atoms with Crippen molar-refractivity contribution < 1.29 is 21.2 Å². The molecule has 0 aliphatic heterocycles. The molecule has 3 aromatic rings. The first kappa shape index (κ1) is 20.1. The van der Waals surface area contributed by atoms with E-state index in [1.165, 1.54) is 48.5 Å². The summed E-state index contributed by atoms with van der Waals surface area (Å²) in [5.41, 5.74) is 0.352. The molecule has 3 aromatic carbocycles. The monoisotopic (exact) mass is 440 g/mol. The fraction of sp³-hybridized carbons (Fsp3) is 0. The molecule has 2 N–H and O–H groups in total. The highest BCUT2D eigenvalue weighted by atomic mass is 35.5. The topological polar surface area (TPSA) is 92.3 Å². The van der Waals surface area contributed by atoms with Crippen molar-refractivity contribution in [1.29, 1.82) is 0 Å². The Labute approximate surface area is 167 Å². The Bertz CT molecular complexity index is 1200. The summed E-state index contributed by atoms with van der Waals surface area (Å²) in [5, 5.41) is 0.458. The first-order valence-corrected chi connectivity index (χ1v) is 11.2. The van der Waals surface area contributed by atoms with Crippen LogP contribution < -0.4 is 9.44 Å². The molecule has 3 rings (SSSR count). The Hall–Kier alpha value is -2.62. The van der Waals surface area contributed by atoms with Gasteiger partial charge in [0.1, 0.15) is 5.82 Å². The highest BCUT2D eigenvalue weighted by molar-refractivity contribution is 7.93. The van der Waals surface area contributed by atoms with Gasteiger partial charge in [-0.2, -0.15) is 0 Å². The predicted octanol–water partition coefficient (Wildman–Crippen LogP) is 4.08. The molecule has 0 spiro atoms. The number of halogens is 2. The third-order valence-corrected chi connectivity index (χ3v) is 6.65. The lowest BCUT2D eigenvalue weighted by atomic mass is 10.3. The Kier molecular flexibility index (Phi) is 5.59. The van der Waals surface area contributed by atoms with E-state index in [0.29, 0.717) is 10.7 Å². The van der Waals surface area contributed by atoms with Gasteiger partial charge in [-0.3, -0.25) is 9.44 Å². The first-order chi connectivity index (χ1) is 13.2. The van der Waals surface area contributed by atoms with Crippen LogP contribution in [-0.4, -0.2) is 16.8 Å². The SMILES string of the molecule is O=S(=O)(Nc1cccc(S(=O)(=O)Nc2ccc(Cl)cc2)c1)c1ccc(F)cc1. The highest BCUT2D eigenvalue weighted by Crippen LogP contribution is 2.22. The van der Waals surface area contributed by atoms with Crippen molar-refractivity contribution in [2.45, 2.75) is 9.79 Å². The molecule has 0 unspecified atom stereocenters. The van der Waals surface area contributed by atoms with Crippen molar-refractivity contribution >= 4 is 43.0 Å². The van der Waals surface area contributed by atoms with Gasteiger partial charge in [0.05, 0.1) is 15.5 Å². The third kappa shape index (κ3) is 4.80. The average molecular weight is 441 g/mol. The van der Waals surface area contributed by atoms with Crippen LogP contribution in [0.4, 0.5) is 15.8 Å². The maximum atomic E-state index is 13.0. The molecule has 146 valence electrons. The van der Waals surface area contributed by atoms with Crippen LogP contribution >= 0.6 is 11.6 Å². The number of hydrogen-bond acceptors (Lipinski definition) is 4. The van der Waals surface area contributed by atoms with Gasteiger partial charge < -0.3 is 0 Å². The van der Waals surface area contributed by atoms with Crippen molar-refractivity contribution in [1.82, 2.24) is 0 Å². The minimum atomic E-state index is -4.00. The molecule has 28 heavy (non-hydrogen) atoms. The van der Waals surface area contributed by atoms with E-state index in [1.54, 1.807) is 0 Å². The minimum Gasteiger partial charge on any atom is -0.280 e. The molecule has 0 aromatic heterocycles. The van der Waals surface area contributed by atoms with Crippen LogP contribution in [0.3, 0.4) is 0 Å². The van der Waals surface area contributed by atoms with Crippen LogP contribution in [-0.2, 0) is 20.0 Å². The second-order valence-electron chi connectivity index (χ2n) is 5.70. The molecule has 0 saturated carbocycles. The van der Waals surface area contributed by atoms with Gasteiger partial charge in [-0.05, 0) is 66.7 Å². The van der Waals surface area contributed by atoms with Crippen molar-refractivity contribution in [2.24, 2.45) is 0 Å². The van der Waals surface area contributed by atoms with Crippen molar-refractivity contribution in [2.75, 3.05) is 9.44 Å². The maximum absolute atomic E-state index is 13.0.